The van der Waals surface area contributed by atoms with Crippen molar-refractivity contribution in [1.29, 1.82) is 0 Å². The molecule has 18 heavy (non-hydrogen) atoms. The molecule has 0 radical (unpaired) electrons. The molecule has 5 heteroatoms. The van der Waals surface area contributed by atoms with Crippen LogP contribution in [0.15, 0.2) is 24.3 Å². The summed E-state index contributed by atoms with van der Waals surface area (Å²) in [7, 11) is 0. The van der Waals surface area contributed by atoms with E-state index in [1.54, 1.807) is 6.92 Å². The first kappa shape index (κ1) is 15.0. The molecule has 0 aliphatic carbocycles. The summed E-state index contributed by atoms with van der Waals surface area (Å²) in [6.07, 6.45) is -3.46. The van der Waals surface area contributed by atoms with E-state index in [4.69, 9.17) is 5.73 Å². The van der Waals surface area contributed by atoms with Gasteiger partial charge < -0.3 is 5.73 Å². The molecule has 0 amide bonds. The molecule has 1 aromatic rings. The monoisotopic (exact) mass is 260 g/mol. The number of nitrogens with two attached hydrogens (primary N) is 1. The van der Waals surface area contributed by atoms with E-state index >= 15 is 0 Å². The van der Waals surface area contributed by atoms with Gasteiger partial charge in [-0.15, -0.1) is 0 Å². The van der Waals surface area contributed by atoms with Crippen molar-refractivity contribution in [3.63, 3.8) is 0 Å². The zero-order valence-electron chi connectivity index (χ0n) is 10.5. The van der Waals surface area contributed by atoms with Gasteiger partial charge in [0.2, 0.25) is 0 Å². The number of hydrogen-bond donors (Lipinski definition) is 1. The quantitative estimate of drug-likeness (QED) is 0.851. The molecule has 0 fully saturated rings. The molecule has 0 saturated heterocycles. The molecule has 0 saturated carbocycles. The summed E-state index contributed by atoms with van der Waals surface area (Å²) in [4.78, 5) is 1.38. The van der Waals surface area contributed by atoms with Gasteiger partial charge in [-0.1, -0.05) is 31.2 Å². The Hall–Kier alpha value is -1.07. The number of rotatable bonds is 6. The molecule has 0 bridgehead atoms. The van der Waals surface area contributed by atoms with Gasteiger partial charge in [0.05, 0.1) is 6.54 Å². The molecule has 0 aromatic heterocycles. The van der Waals surface area contributed by atoms with Crippen LogP contribution in [0.3, 0.4) is 0 Å². The van der Waals surface area contributed by atoms with Crippen molar-refractivity contribution in [1.82, 2.24) is 4.90 Å². The van der Waals surface area contributed by atoms with Crippen LogP contribution >= 0.6 is 0 Å². The van der Waals surface area contributed by atoms with Crippen LogP contribution in [-0.4, -0.2) is 30.7 Å². The second-order valence-corrected chi connectivity index (χ2v) is 4.23. The number of hydrogen-bond acceptors (Lipinski definition) is 2. The van der Waals surface area contributed by atoms with Crippen molar-refractivity contribution < 1.29 is 13.2 Å². The van der Waals surface area contributed by atoms with E-state index in [0.29, 0.717) is 26.1 Å². The Labute approximate surface area is 106 Å². The largest absolute Gasteiger partial charge is 0.401 e. The molecule has 1 rings (SSSR count). The van der Waals surface area contributed by atoms with Crippen LogP contribution in [0.2, 0.25) is 0 Å². The Morgan fingerprint density at radius 2 is 1.78 bits per heavy atom. The van der Waals surface area contributed by atoms with Crippen molar-refractivity contribution in [2.75, 3.05) is 19.6 Å². The van der Waals surface area contributed by atoms with Gasteiger partial charge in [-0.05, 0) is 30.6 Å². The third-order valence-electron chi connectivity index (χ3n) is 2.78. The maximum atomic E-state index is 12.4. The van der Waals surface area contributed by atoms with Crippen LogP contribution in [0.25, 0.3) is 0 Å². The fourth-order valence-corrected chi connectivity index (χ4v) is 1.89. The highest BCUT2D eigenvalue weighted by Crippen LogP contribution is 2.19. The first-order chi connectivity index (χ1) is 8.46. The number of halogens is 3. The van der Waals surface area contributed by atoms with Gasteiger partial charge in [0.15, 0.2) is 0 Å². The van der Waals surface area contributed by atoms with Crippen molar-refractivity contribution in [3.8, 4) is 0 Å². The number of alkyl halides is 3. The minimum Gasteiger partial charge on any atom is -0.330 e. The average Bonchev–Trinajstić information content (AvgIpc) is 2.29. The van der Waals surface area contributed by atoms with E-state index in [-0.39, 0.29) is 0 Å². The molecule has 2 N–H and O–H groups in total. The minimum absolute atomic E-state index is 0.312. The third kappa shape index (κ3) is 5.06. The van der Waals surface area contributed by atoms with Gasteiger partial charge in [-0.2, -0.15) is 13.2 Å². The van der Waals surface area contributed by atoms with Crippen LogP contribution in [0, 0.1) is 0 Å². The first-order valence-electron chi connectivity index (χ1n) is 6.02. The highest BCUT2D eigenvalue weighted by Gasteiger charge is 2.30. The molecule has 102 valence electrons. The van der Waals surface area contributed by atoms with E-state index in [9.17, 15) is 13.2 Å². The van der Waals surface area contributed by atoms with E-state index in [2.05, 4.69) is 0 Å². The summed E-state index contributed by atoms with van der Waals surface area (Å²) in [6, 6.07) is 7.51. The zero-order chi connectivity index (χ0) is 13.6. The summed E-state index contributed by atoms with van der Waals surface area (Å²) in [6.45, 7) is 2.04. The van der Waals surface area contributed by atoms with E-state index in [1.807, 2.05) is 24.3 Å². The summed E-state index contributed by atoms with van der Waals surface area (Å²) in [5.41, 5.74) is 7.45. The highest BCUT2D eigenvalue weighted by atomic mass is 19.4. The molecular formula is C13H19F3N2. The predicted octanol–water partition coefficient (Wildman–Crippen LogP) is 2.57. The van der Waals surface area contributed by atoms with E-state index in [1.165, 1.54) is 4.90 Å². The van der Waals surface area contributed by atoms with Crippen LogP contribution in [0.4, 0.5) is 13.2 Å². The lowest BCUT2D eigenvalue weighted by atomic mass is 10.0. The zero-order valence-corrected chi connectivity index (χ0v) is 10.5. The summed E-state index contributed by atoms with van der Waals surface area (Å²) in [5, 5.41) is 0. The number of nitrogens with zero attached hydrogens (tertiary/aromatic N) is 1. The molecule has 0 unspecified atom stereocenters. The average molecular weight is 260 g/mol. The molecule has 0 atom stereocenters. The molecule has 1 aromatic carbocycles. The fraction of sp³-hybridized carbons (Fsp3) is 0.538. The Bertz CT molecular complexity index is 363. The fourth-order valence-electron chi connectivity index (χ4n) is 1.89. The van der Waals surface area contributed by atoms with Crippen LogP contribution in [-0.2, 0) is 13.0 Å². The summed E-state index contributed by atoms with van der Waals surface area (Å²) < 4.78 is 37.1. The topological polar surface area (TPSA) is 29.3 Å². The second kappa shape index (κ2) is 6.75. The molecular weight excluding hydrogens is 241 g/mol. The minimum atomic E-state index is -4.15. The third-order valence-corrected chi connectivity index (χ3v) is 2.78. The lowest BCUT2D eigenvalue weighted by Gasteiger charge is -2.23. The normalized spacial score (nSPS) is 12.1. The Balaban J connectivity index is 2.75. The Kier molecular flexibility index (Phi) is 5.62. The van der Waals surface area contributed by atoms with E-state index in [0.717, 1.165) is 11.1 Å². The Morgan fingerprint density at radius 3 is 2.28 bits per heavy atom. The van der Waals surface area contributed by atoms with Crippen molar-refractivity contribution in [2.45, 2.75) is 26.1 Å². The van der Waals surface area contributed by atoms with Gasteiger partial charge in [-0.25, -0.2) is 0 Å². The molecule has 0 aliphatic heterocycles. The second-order valence-electron chi connectivity index (χ2n) is 4.23. The van der Waals surface area contributed by atoms with Crippen LogP contribution in [0.5, 0.6) is 0 Å². The van der Waals surface area contributed by atoms with Crippen LogP contribution in [0.1, 0.15) is 18.1 Å². The standard InChI is InChI=1S/C13H19F3N2/c1-2-18(10-13(14,15)16)9-12-6-4-3-5-11(12)7-8-17/h3-6H,2,7-10,17H2,1H3. The lowest BCUT2D eigenvalue weighted by molar-refractivity contribution is -0.146. The SMILES string of the molecule is CCN(Cc1ccccc1CCN)CC(F)(F)F. The van der Waals surface area contributed by atoms with Crippen molar-refractivity contribution in [2.24, 2.45) is 5.73 Å². The predicted molar refractivity (Wildman–Crippen MR) is 66.2 cm³/mol. The van der Waals surface area contributed by atoms with Gasteiger partial charge in [0.25, 0.3) is 0 Å². The van der Waals surface area contributed by atoms with Crippen molar-refractivity contribution in [3.05, 3.63) is 35.4 Å². The van der Waals surface area contributed by atoms with Gasteiger partial charge >= 0.3 is 6.18 Å². The van der Waals surface area contributed by atoms with Gasteiger partial charge in [-0.3, -0.25) is 4.90 Å². The first-order valence-corrected chi connectivity index (χ1v) is 6.02. The Morgan fingerprint density at radius 1 is 1.17 bits per heavy atom. The lowest BCUT2D eigenvalue weighted by Crippen LogP contribution is -2.33. The summed E-state index contributed by atoms with van der Waals surface area (Å²) >= 11 is 0. The molecule has 0 spiro atoms. The summed E-state index contributed by atoms with van der Waals surface area (Å²) in [5.74, 6) is 0. The molecule has 0 aliphatic rings. The highest BCUT2D eigenvalue weighted by molar-refractivity contribution is 5.27. The van der Waals surface area contributed by atoms with Gasteiger partial charge in [0, 0.05) is 6.54 Å². The molecule has 0 heterocycles. The van der Waals surface area contributed by atoms with Gasteiger partial charge in [0.1, 0.15) is 0 Å². The number of benzene rings is 1. The maximum absolute atomic E-state index is 12.4. The maximum Gasteiger partial charge on any atom is 0.401 e. The van der Waals surface area contributed by atoms with Crippen molar-refractivity contribution >= 4 is 0 Å². The van der Waals surface area contributed by atoms with E-state index < -0.39 is 12.7 Å². The van der Waals surface area contributed by atoms with Crippen LogP contribution < -0.4 is 5.73 Å². The molecule has 2 nitrogen and oxygen atoms in total. The smallest absolute Gasteiger partial charge is 0.330 e.